The fourth-order valence-electron chi connectivity index (χ4n) is 3.81. The van der Waals surface area contributed by atoms with Gasteiger partial charge in [0.1, 0.15) is 16.9 Å². The van der Waals surface area contributed by atoms with Gasteiger partial charge in [0.05, 0.1) is 6.54 Å². The molecule has 1 fully saturated rings. The maximum absolute atomic E-state index is 13.5. The number of pyridine rings is 1. The molecule has 2 aromatic carbocycles. The van der Waals surface area contributed by atoms with Crippen molar-refractivity contribution in [3.8, 4) is 5.88 Å². The summed E-state index contributed by atoms with van der Waals surface area (Å²) in [5.41, 5.74) is 2.57. The van der Waals surface area contributed by atoms with Gasteiger partial charge in [-0.15, -0.1) is 0 Å². The van der Waals surface area contributed by atoms with Crippen molar-refractivity contribution < 1.29 is 19.0 Å². The number of nitrogens with zero attached hydrogens (tertiary/aromatic N) is 2. The van der Waals surface area contributed by atoms with E-state index in [0.717, 1.165) is 24.2 Å². The highest BCUT2D eigenvalue weighted by Gasteiger charge is 2.27. The molecule has 160 valence electrons. The minimum atomic E-state index is -0.450. The number of halogens is 2. The van der Waals surface area contributed by atoms with Crippen LogP contribution in [0.5, 0.6) is 5.88 Å². The van der Waals surface area contributed by atoms with Gasteiger partial charge in [-0.2, -0.15) is 0 Å². The van der Waals surface area contributed by atoms with Gasteiger partial charge in [-0.1, -0.05) is 23.7 Å². The number of carbonyl (C=O) groups is 1. The van der Waals surface area contributed by atoms with E-state index in [9.17, 15) is 14.3 Å². The van der Waals surface area contributed by atoms with E-state index in [4.69, 9.17) is 16.3 Å². The molecule has 0 amide bonds. The molecule has 2 heterocycles. The molecule has 4 rings (SSSR count). The number of carbonyl (C=O) groups excluding carboxylic acids is 1. The van der Waals surface area contributed by atoms with Gasteiger partial charge in [0, 0.05) is 42.6 Å². The van der Waals surface area contributed by atoms with Crippen LogP contribution in [0.25, 0.3) is 0 Å². The number of aliphatic hydroxyl groups is 1. The lowest BCUT2D eigenvalue weighted by Crippen LogP contribution is -2.26. The van der Waals surface area contributed by atoms with Crippen molar-refractivity contribution in [1.82, 2.24) is 4.98 Å². The van der Waals surface area contributed by atoms with Gasteiger partial charge in [-0.25, -0.2) is 9.37 Å². The summed E-state index contributed by atoms with van der Waals surface area (Å²) in [5.74, 6) is -0.283. The number of aromatic nitrogens is 1. The van der Waals surface area contributed by atoms with Crippen LogP contribution in [-0.4, -0.2) is 41.7 Å². The van der Waals surface area contributed by atoms with Crippen LogP contribution < -0.4 is 9.64 Å². The molecule has 0 saturated carbocycles. The van der Waals surface area contributed by atoms with E-state index >= 15 is 0 Å². The van der Waals surface area contributed by atoms with Crippen LogP contribution in [0.3, 0.4) is 0 Å². The molecule has 1 unspecified atom stereocenters. The monoisotopic (exact) mass is 440 g/mol. The molecule has 5 nitrogen and oxygen atoms in total. The van der Waals surface area contributed by atoms with Crippen molar-refractivity contribution in [3.05, 3.63) is 88.3 Å². The molecule has 0 aliphatic carbocycles. The zero-order valence-electron chi connectivity index (χ0n) is 16.8. The summed E-state index contributed by atoms with van der Waals surface area (Å²) in [5, 5.41) is 10.0. The van der Waals surface area contributed by atoms with Gasteiger partial charge >= 0.3 is 0 Å². The Hall–Kier alpha value is -2.96. The fraction of sp³-hybridized carbons (Fsp3) is 0.250. The standard InChI is InChI=1S/C24H22ClFN2O3/c25-21-5-2-10-27-24(21)31-20-8-11-28(15-20)22-7-6-18(13-16(22)9-12-29)23(30)17-3-1-4-19(26)14-17/h1-7,10,13-14,20,29H,8-9,11-12,15H2. The van der Waals surface area contributed by atoms with Crippen molar-refractivity contribution in [2.75, 3.05) is 24.6 Å². The Bertz CT molecular complexity index is 1090. The molecule has 1 atom stereocenters. The Morgan fingerprint density at radius 2 is 2.03 bits per heavy atom. The fourth-order valence-corrected chi connectivity index (χ4v) is 3.98. The Morgan fingerprint density at radius 3 is 2.81 bits per heavy atom. The summed E-state index contributed by atoms with van der Waals surface area (Å²) < 4.78 is 19.5. The lowest BCUT2D eigenvalue weighted by atomic mass is 9.98. The minimum absolute atomic E-state index is 0.0398. The van der Waals surface area contributed by atoms with Crippen LogP contribution in [0.4, 0.5) is 10.1 Å². The summed E-state index contributed by atoms with van der Waals surface area (Å²) in [6.45, 7) is 1.37. The topological polar surface area (TPSA) is 62.7 Å². The molecule has 7 heteroatoms. The maximum Gasteiger partial charge on any atom is 0.232 e. The van der Waals surface area contributed by atoms with E-state index in [0.29, 0.717) is 35.0 Å². The third-order valence-corrected chi connectivity index (χ3v) is 5.59. The summed E-state index contributed by atoms with van der Waals surface area (Å²) in [6.07, 6.45) is 2.79. The summed E-state index contributed by atoms with van der Waals surface area (Å²) in [4.78, 5) is 19.1. The average molecular weight is 441 g/mol. The number of hydrogen-bond donors (Lipinski definition) is 1. The molecule has 1 aromatic heterocycles. The predicted molar refractivity (Wildman–Crippen MR) is 118 cm³/mol. The zero-order valence-corrected chi connectivity index (χ0v) is 17.6. The Balaban J connectivity index is 1.53. The molecule has 0 bridgehead atoms. The first-order valence-electron chi connectivity index (χ1n) is 10.1. The van der Waals surface area contributed by atoms with Crippen LogP contribution >= 0.6 is 11.6 Å². The van der Waals surface area contributed by atoms with Crippen LogP contribution in [-0.2, 0) is 6.42 Å². The van der Waals surface area contributed by atoms with E-state index in [1.807, 2.05) is 6.07 Å². The second-order valence-corrected chi connectivity index (χ2v) is 7.83. The van der Waals surface area contributed by atoms with Crippen LogP contribution in [0.15, 0.2) is 60.8 Å². The quantitative estimate of drug-likeness (QED) is 0.555. The molecule has 0 radical (unpaired) electrons. The number of anilines is 1. The second-order valence-electron chi connectivity index (χ2n) is 7.42. The van der Waals surface area contributed by atoms with Gasteiger partial charge in [-0.05, 0) is 54.4 Å². The van der Waals surface area contributed by atoms with Gasteiger partial charge < -0.3 is 14.7 Å². The highest BCUT2D eigenvalue weighted by Crippen LogP contribution is 2.30. The van der Waals surface area contributed by atoms with Gasteiger partial charge in [0.25, 0.3) is 0 Å². The summed E-state index contributed by atoms with van der Waals surface area (Å²) in [6, 6.07) is 14.5. The molecule has 31 heavy (non-hydrogen) atoms. The number of ketones is 1. The summed E-state index contributed by atoms with van der Waals surface area (Å²) in [7, 11) is 0. The maximum atomic E-state index is 13.5. The third-order valence-electron chi connectivity index (χ3n) is 5.30. The first kappa shape index (κ1) is 21.3. The smallest absolute Gasteiger partial charge is 0.232 e. The van der Waals surface area contributed by atoms with Crippen molar-refractivity contribution >= 4 is 23.1 Å². The third kappa shape index (κ3) is 4.86. The molecule has 0 spiro atoms. The van der Waals surface area contributed by atoms with Crippen molar-refractivity contribution in [2.45, 2.75) is 18.9 Å². The molecule has 3 aromatic rings. The predicted octanol–water partition coefficient (Wildman–Crippen LogP) is 4.30. The first-order valence-corrected chi connectivity index (χ1v) is 10.5. The lowest BCUT2D eigenvalue weighted by molar-refractivity contribution is 0.103. The van der Waals surface area contributed by atoms with Crippen LogP contribution in [0, 0.1) is 5.82 Å². The molecule has 1 N–H and O–H groups in total. The Labute approximate surface area is 185 Å². The number of hydrogen-bond acceptors (Lipinski definition) is 5. The number of aliphatic hydroxyl groups excluding tert-OH is 1. The first-order chi connectivity index (χ1) is 15.0. The second kappa shape index (κ2) is 9.45. The van der Waals surface area contributed by atoms with Gasteiger partial charge in [0.15, 0.2) is 5.78 Å². The van der Waals surface area contributed by atoms with E-state index in [-0.39, 0.29) is 18.5 Å². The van der Waals surface area contributed by atoms with E-state index < -0.39 is 5.82 Å². The average Bonchev–Trinajstić information content (AvgIpc) is 3.23. The molecular weight excluding hydrogens is 419 g/mol. The lowest BCUT2D eigenvalue weighted by Gasteiger charge is -2.23. The van der Waals surface area contributed by atoms with Crippen molar-refractivity contribution in [2.24, 2.45) is 0 Å². The molecule has 1 saturated heterocycles. The number of ether oxygens (including phenoxy) is 1. The molecule has 1 aliphatic rings. The largest absolute Gasteiger partial charge is 0.471 e. The molecular formula is C24H22ClFN2O3. The SMILES string of the molecule is O=C(c1cccc(F)c1)c1ccc(N2CCC(Oc3ncccc3Cl)C2)c(CCO)c1. The van der Waals surface area contributed by atoms with E-state index in [1.54, 1.807) is 36.5 Å². The van der Waals surface area contributed by atoms with E-state index in [1.165, 1.54) is 18.2 Å². The van der Waals surface area contributed by atoms with Crippen molar-refractivity contribution in [3.63, 3.8) is 0 Å². The highest BCUT2D eigenvalue weighted by molar-refractivity contribution is 6.31. The van der Waals surface area contributed by atoms with Crippen molar-refractivity contribution in [1.29, 1.82) is 0 Å². The van der Waals surface area contributed by atoms with Crippen LogP contribution in [0.1, 0.15) is 27.9 Å². The summed E-state index contributed by atoms with van der Waals surface area (Å²) >= 11 is 6.15. The normalized spacial score (nSPS) is 15.8. The zero-order chi connectivity index (χ0) is 21.8. The van der Waals surface area contributed by atoms with Gasteiger partial charge in [-0.3, -0.25) is 4.79 Å². The Morgan fingerprint density at radius 1 is 1.19 bits per heavy atom. The van der Waals surface area contributed by atoms with E-state index in [2.05, 4.69) is 9.88 Å². The number of rotatable bonds is 7. The Kier molecular flexibility index (Phi) is 6.49. The van der Waals surface area contributed by atoms with Crippen LogP contribution in [0.2, 0.25) is 5.02 Å². The molecule has 1 aliphatic heterocycles. The van der Waals surface area contributed by atoms with Gasteiger partial charge in [0.2, 0.25) is 5.88 Å². The number of benzene rings is 2. The highest BCUT2D eigenvalue weighted by atomic mass is 35.5. The minimum Gasteiger partial charge on any atom is -0.471 e.